The summed E-state index contributed by atoms with van der Waals surface area (Å²) in [6, 6.07) is 7.49. The third-order valence-electron chi connectivity index (χ3n) is 6.32. The van der Waals surface area contributed by atoms with Crippen LogP contribution < -0.4 is 4.72 Å². The number of hydrogen-bond acceptors (Lipinski definition) is 7. The Hall–Kier alpha value is -3.12. The molecule has 9 nitrogen and oxygen atoms in total. The summed E-state index contributed by atoms with van der Waals surface area (Å²) in [4.78, 5) is 32.9. The van der Waals surface area contributed by atoms with Crippen LogP contribution >= 0.6 is 0 Å². The molecule has 2 aromatic carbocycles. The summed E-state index contributed by atoms with van der Waals surface area (Å²) in [7, 11) is -7.66. The van der Waals surface area contributed by atoms with E-state index in [-0.39, 0.29) is 34.3 Å². The van der Waals surface area contributed by atoms with Gasteiger partial charge in [0.05, 0.1) is 34.3 Å². The highest BCUT2D eigenvalue weighted by Gasteiger charge is 2.54. The van der Waals surface area contributed by atoms with E-state index in [4.69, 9.17) is 0 Å². The van der Waals surface area contributed by atoms with Crippen LogP contribution in [-0.2, 0) is 36.0 Å². The Kier molecular flexibility index (Phi) is 6.56. The number of sulfone groups is 1. The number of carbonyl (C=O) groups is 2. The van der Waals surface area contributed by atoms with E-state index in [1.807, 2.05) is 20.8 Å². The van der Waals surface area contributed by atoms with Gasteiger partial charge in [-0.3, -0.25) is 19.3 Å². The van der Waals surface area contributed by atoms with Crippen molar-refractivity contribution in [1.29, 1.82) is 0 Å². The van der Waals surface area contributed by atoms with Gasteiger partial charge >= 0.3 is 0 Å². The number of amides is 1. The van der Waals surface area contributed by atoms with E-state index >= 15 is 0 Å². The Morgan fingerprint density at radius 3 is 2.41 bits per heavy atom. The first-order valence-corrected chi connectivity index (χ1v) is 15.0. The number of ketones is 1. The molecule has 0 aromatic heterocycles. The van der Waals surface area contributed by atoms with E-state index in [1.165, 1.54) is 29.2 Å². The van der Waals surface area contributed by atoms with E-state index in [0.29, 0.717) is 11.1 Å². The SMILES string of the molecule is Cc1cc(CN2C(=O)C(C3=Nc4ccc(NS(C)(=O)=O)cc4S(=O)(=O)C3)C(=O)[C@@H]2C(C)(C)C)ccc1F. The molecular formula is C25H28FN3O6S2. The number of nitrogens with zero attached hydrogens (tertiary/aromatic N) is 2. The lowest BCUT2D eigenvalue weighted by Gasteiger charge is -2.33. The Labute approximate surface area is 215 Å². The van der Waals surface area contributed by atoms with Gasteiger partial charge in [-0.25, -0.2) is 21.2 Å². The minimum Gasteiger partial charge on any atom is -0.327 e. The summed E-state index contributed by atoms with van der Waals surface area (Å²) in [6.45, 7) is 7.12. The van der Waals surface area contributed by atoms with E-state index in [2.05, 4.69) is 9.71 Å². The Morgan fingerprint density at radius 1 is 1.14 bits per heavy atom. The number of Topliss-reactive ketones (excluding diaryl/α,β-unsaturated/α-hetero) is 1. The zero-order valence-corrected chi connectivity index (χ0v) is 22.7. The number of anilines is 1. The van der Waals surface area contributed by atoms with Gasteiger partial charge in [-0.2, -0.15) is 0 Å². The summed E-state index contributed by atoms with van der Waals surface area (Å²) in [6.07, 6.45) is 0.944. The third kappa shape index (κ3) is 5.30. The second-order valence-corrected chi connectivity index (χ2v) is 14.3. The zero-order valence-electron chi connectivity index (χ0n) is 21.1. The summed E-state index contributed by atoms with van der Waals surface area (Å²) in [5, 5.41) is 0. The fourth-order valence-corrected chi connectivity index (χ4v) is 6.91. The second-order valence-electron chi connectivity index (χ2n) is 10.6. The van der Waals surface area contributed by atoms with Gasteiger partial charge in [0.15, 0.2) is 15.6 Å². The van der Waals surface area contributed by atoms with Crippen LogP contribution in [0.15, 0.2) is 46.3 Å². The minimum absolute atomic E-state index is 0.0285. The van der Waals surface area contributed by atoms with Crippen LogP contribution in [0.25, 0.3) is 0 Å². The van der Waals surface area contributed by atoms with Crippen LogP contribution in [0.2, 0.25) is 0 Å². The Morgan fingerprint density at radius 2 is 1.81 bits per heavy atom. The van der Waals surface area contributed by atoms with Crippen LogP contribution in [0.1, 0.15) is 31.9 Å². The van der Waals surface area contributed by atoms with E-state index in [9.17, 15) is 30.8 Å². The van der Waals surface area contributed by atoms with Crippen molar-refractivity contribution < 1.29 is 30.8 Å². The predicted molar refractivity (Wildman–Crippen MR) is 137 cm³/mol. The third-order valence-corrected chi connectivity index (χ3v) is 8.60. The fraction of sp³-hybridized carbons (Fsp3) is 0.400. The van der Waals surface area contributed by atoms with Crippen LogP contribution in [0.3, 0.4) is 0 Å². The fourth-order valence-electron chi connectivity index (χ4n) is 4.84. The second kappa shape index (κ2) is 9.02. The number of sulfonamides is 1. The van der Waals surface area contributed by atoms with Gasteiger partial charge in [-0.05, 0) is 47.7 Å². The zero-order chi connectivity index (χ0) is 27.5. The van der Waals surface area contributed by atoms with Gasteiger partial charge in [-0.1, -0.05) is 32.9 Å². The number of hydrogen-bond donors (Lipinski definition) is 1. The number of aryl methyl sites for hydroxylation is 1. The highest BCUT2D eigenvalue weighted by atomic mass is 32.2. The molecule has 1 amide bonds. The number of aliphatic imine (C=N–C) groups is 1. The highest BCUT2D eigenvalue weighted by molar-refractivity contribution is 7.92. The number of nitrogens with one attached hydrogen (secondary N) is 1. The molecule has 2 aliphatic heterocycles. The minimum atomic E-state index is -4.02. The van der Waals surface area contributed by atoms with Crippen molar-refractivity contribution in [3.05, 3.63) is 53.3 Å². The van der Waals surface area contributed by atoms with Crippen LogP contribution in [-0.4, -0.2) is 57.2 Å². The molecule has 1 fully saturated rings. The molecule has 0 aliphatic carbocycles. The van der Waals surface area contributed by atoms with Crippen molar-refractivity contribution >= 4 is 48.6 Å². The summed E-state index contributed by atoms with van der Waals surface area (Å²) in [5.74, 6) is -3.40. The molecule has 0 spiro atoms. The molecule has 2 aromatic rings. The number of halogens is 1. The van der Waals surface area contributed by atoms with E-state index in [1.54, 1.807) is 19.1 Å². The van der Waals surface area contributed by atoms with Gasteiger partial charge in [0.2, 0.25) is 15.9 Å². The average Bonchev–Trinajstić information content (AvgIpc) is 2.99. The summed E-state index contributed by atoms with van der Waals surface area (Å²) < 4.78 is 65.4. The first kappa shape index (κ1) is 26.9. The molecule has 12 heteroatoms. The molecule has 198 valence electrons. The normalized spacial score (nSPS) is 21.6. The molecule has 1 unspecified atom stereocenters. The highest BCUT2D eigenvalue weighted by Crippen LogP contribution is 2.39. The molecule has 1 N–H and O–H groups in total. The lowest BCUT2D eigenvalue weighted by atomic mass is 9.82. The van der Waals surface area contributed by atoms with Crippen LogP contribution in [0, 0.1) is 24.1 Å². The molecular weight excluding hydrogens is 521 g/mol. The molecule has 0 radical (unpaired) electrons. The van der Waals surface area contributed by atoms with Crippen molar-refractivity contribution in [2.75, 3.05) is 16.7 Å². The number of likely N-dealkylation sites (tertiary alicyclic amines) is 1. The summed E-state index contributed by atoms with van der Waals surface area (Å²) >= 11 is 0. The Balaban J connectivity index is 1.75. The average molecular weight is 550 g/mol. The lowest BCUT2D eigenvalue weighted by Crippen LogP contribution is -2.44. The molecule has 2 atom stereocenters. The quantitative estimate of drug-likeness (QED) is 0.571. The predicted octanol–water partition coefficient (Wildman–Crippen LogP) is 3.01. The molecule has 1 saturated heterocycles. The van der Waals surface area contributed by atoms with E-state index in [0.717, 1.165) is 6.26 Å². The number of fused-ring (bicyclic) bond motifs is 1. The number of rotatable bonds is 5. The van der Waals surface area contributed by atoms with Crippen molar-refractivity contribution in [3.63, 3.8) is 0 Å². The topological polar surface area (TPSA) is 130 Å². The van der Waals surface area contributed by atoms with Crippen LogP contribution in [0.5, 0.6) is 0 Å². The Bertz CT molecular complexity index is 1560. The molecule has 37 heavy (non-hydrogen) atoms. The monoisotopic (exact) mass is 549 g/mol. The van der Waals surface area contributed by atoms with Crippen molar-refractivity contribution in [2.24, 2.45) is 16.3 Å². The first-order chi connectivity index (χ1) is 17.0. The maximum Gasteiger partial charge on any atom is 0.239 e. The molecule has 0 saturated carbocycles. The number of benzene rings is 2. The van der Waals surface area contributed by atoms with Gasteiger partial charge in [0.1, 0.15) is 11.7 Å². The maximum absolute atomic E-state index is 13.8. The summed E-state index contributed by atoms with van der Waals surface area (Å²) in [5.41, 5.74) is 0.409. The lowest BCUT2D eigenvalue weighted by molar-refractivity contribution is -0.132. The van der Waals surface area contributed by atoms with E-state index < -0.39 is 54.7 Å². The van der Waals surface area contributed by atoms with Crippen molar-refractivity contribution in [1.82, 2.24) is 4.90 Å². The molecule has 0 bridgehead atoms. The van der Waals surface area contributed by atoms with Crippen molar-refractivity contribution in [2.45, 2.75) is 45.2 Å². The molecule has 4 rings (SSSR count). The standard InChI is InChI=1S/C25H28FN3O6S2/c1-14-10-15(6-8-17(14)26)12-29-23(25(2,3)4)22(30)21(24(29)31)19-13-37(34,35)20-11-16(28-36(5,32)33)7-9-18(20)27-19/h6-11,21,23,28H,12-13H2,1-5H3/t21?,23-/m1/s1. The van der Waals surface area contributed by atoms with Gasteiger partial charge < -0.3 is 4.90 Å². The number of carbonyl (C=O) groups excluding carboxylic acids is 2. The molecule has 2 aliphatic rings. The first-order valence-electron chi connectivity index (χ1n) is 11.5. The largest absolute Gasteiger partial charge is 0.327 e. The van der Waals surface area contributed by atoms with Crippen LogP contribution in [0.4, 0.5) is 15.8 Å². The van der Waals surface area contributed by atoms with Gasteiger partial charge in [-0.15, -0.1) is 0 Å². The smallest absolute Gasteiger partial charge is 0.239 e. The maximum atomic E-state index is 13.8. The van der Waals surface area contributed by atoms with Gasteiger partial charge in [0, 0.05) is 12.2 Å². The van der Waals surface area contributed by atoms with Crippen molar-refractivity contribution in [3.8, 4) is 0 Å². The molecule has 2 heterocycles. The van der Waals surface area contributed by atoms with Gasteiger partial charge in [0.25, 0.3) is 0 Å².